The summed E-state index contributed by atoms with van der Waals surface area (Å²) >= 11 is 14.5. The number of carbonyl (C=O) groups excluding carboxylic acids is 1. The van der Waals surface area contributed by atoms with E-state index in [0.717, 1.165) is 23.3 Å². The molecule has 0 bridgehead atoms. The molecule has 1 heterocycles. The van der Waals surface area contributed by atoms with Crippen molar-refractivity contribution in [2.24, 2.45) is 0 Å². The van der Waals surface area contributed by atoms with Crippen LogP contribution in [-0.4, -0.2) is 32.9 Å². The number of thioether (sulfide) groups is 1. The van der Waals surface area contributed by atoms with Gasteiger partial charge in [0, 0.05) is 27.3 Å². The summed E-state index contributed by atoms with van der Waals surface area (Å²) in [4.78, 5) is 16.1. The summed E-state index contributed by atoms with van der Waals surface area (Å²) in [5, 5.41) is 1.29. The molecule has 0 unspecified atom stereocenters. The van der Waals surface area contributed by atoms with E-state index in [1.165, 1.54) is 0 Å². The van der Waals surface area contributed by atoms with E-state index >= 15 is 0 Å². The molecule has 3 nitrogen and oxygen atoms in total. The molecule has 2 aromatic carbocycles. The Morgan fingerprint density at radius 2 is 1.82 bits per heavy atom. The number of amides is 1. The number of hydrogen-bond donors (Lipinski definition) is 0. The van der Waals surface area contributed by atoms with Gasteiger partial charge in [0.1, 0.15) is 11.7 Å². The number of benzene rings is 2. The topological polar surface area (TPSA) is 29.5 Å². The summed E-state index contributed by atoms with van der Waals surface area (Å²) in [6.07, 6.45) is 2.68. The second kappa shape index (κ2) is 11.1. The van der Waals surface area contributed by atoms with Gasteiger partial charge in [0.2, 0.25) is 0 Å². The number of rotatable bonds is 8. The number of morpholine rings is 1. The minimum atomic E-state index is -1.01. The summed E-state index contributed by atoms with van der Waals surface area (Å²) in [6, 6.07) is 15.1. The molecule has 0 saturated carbocycles. The molecule has 1 amide bonds. The van der Waals surface area contributed by atoms with Crippen molar-refractivity contribution >= 4 is 40.9 Å². The van der Waals surface area contributed by atoms with Gasteiger partial charge in [-0.1, -0.05) is 74.3 Å². The Kier molecular flexibility index (Phi) is 8.84. The first-order valence-corrected chi connectivity index (χ1v) is 13.5. The highest BCUT2D eigenvalue weighted by Crippen LogP contribution is 2.48. The Morgan fingerprint density at radius 1 is 1.15 bits per heavy atom. The van der Waals surface area contributed by atoms with Crippen molar-refractivity contribution in [1.29, 1.82) is 0 Å². The summed E-state index contributed by atoms with van der Waals surface area (Å²) in [5.74, 6) is 0.946. The molecule has 0 aliphatic carbocycles. The molecular formula is C28H35Cl2NO2S. The molecule has 34 heavy (non-hydrogen) atoms. The molecule has 0 N–H and O–H groups in total. The van der Waals surface area contributed by atoms with Crippen LogP contribution in [-0.2, 0) is 9.53 Å². The van der Waals surface area contributed by atoms with Crippen molar-refractivity contribution in [3.63, 3.8) is 0 Å². The second-order valence-corrected chi connectivity index (χ2v) is 12.9. The maximum atomic E-state index is 14.0. The second-order valence-electron chi connectivity index (χ2n) is 10.1. The van der Waals surface area contributed by atoms with Crippen molar-refractivity contribution in [2.45, 2.75) is 76.0 Å². The fourth-order valence-electron chi connectivity index (χ4n) is 4.43. The molecule has 1 saturated heterocycles. The molecule has 2 aromatic rings. The Bertz CT molecular complexity index is 1000. The maximum Gasteiger partial charge on any atom is 0.255 e. The molecule has 4 atom stereocenters. The van der Waals surface area contributed by atoms with Gasteiger partial charge in [-0.15, -0.1) is 6.58 Å². The minimum absolute atomic E-state index is 0.0118. The zero-order valence-electron chi connectivity index (χ0n) is 20.7. The molecule has 0 radical (unpaired) electrons. The number of ether oxygens (including phenoxy) is 1. The van der Waals surface area contributed by atoms with Gasteiger partial charge < -0.3 is 9.64 Å². The number of nitrogens with zero attached hydrogens (tertiary/aromatic N) is 1. The summed E-state index contributed by atoms with van der Waals surface area (Å²) < 4.78 is 6.82. The van der Waals surface area contributed by atoms with Crippen molar-refractivity contribution in [2.75, 3.05) is 5.75 Å². The lowest BCUT2D eigenvalue weighted by Gasteiger charge is -2.51. The Balaban J connectivity index is 2.10. The predicted molar refractivity (Wildman–Crippen MR) is 146 cm³/mol. The lowest BCUT2D eigenvalue weighted by atomic mass is 9.86. The predicted octanol–water partition coefficient (Wildman–Crippen LogP) is 8.28. The van der Waals surface area contributed by atoms with Crippen LogP contribution in [0.2, 0.25) is 10.0 Å². The fraction of sp³-hybridized carbons (Fsp3) is 0.464. The van der Waals surface area contributed by atoms with Crippen molar-refractivity contribution in [3.05, 3.63) is 82.4 Å². The summed E-state index contributed by atoms with van der Waals surface area (Å²) in [7, 11) is 0. The van der Waals surface area contributed by atoms with Crippen LogP contribution in [0.3, 0.4) is 0 Å². The zero-order valence-corrected chi connectivity index (χ0v) is 23.0. The van der Waals surface area contributed by atoms with E-state index in [1.54, 1.807) is 6.08 Å². The smallest absolute Gasteiger partial charge is 0.255 e. The first-order chi connectivity index (χ1) is 15.9. The van der Waals surface area contributed by atoms with Crippen LogP contribution in [0.4, 0.5) is 0 Å². The van der Waals surface area contributed by atoms with E-state index in [4.69, 9.17) is 27.9 Å². The normalized spacial score (nSPS) is 24.2. The number of halogens is 2. The van der Waals surface area contributed by atoms with Crippen LogP contribution >= 0.6 is 35.0 Å². The van der Waals surface area contributed by atoms with E-state index in [-0.39, 0.29) is 28.8 Å². The van der Waals surface area contributed by atoms with Gasteiger partial charge in [0.15, 0.2) is 0 Å². The largest absolute Gasteiger partial charge is 0.355 e. The first kappa shape index (κ1) is 27.1. The first-order valence-electron chi connectivity index (χ1n) is 11.7. The Hall–Kier alpha value is -1.46. The molecule has 184 valence electrons. The van der Waals surface area contributed by atoms with Gasteiger partial charge in [0.25, 0.3) is 5.91 Å². The van der Waals surface area contributed by atoms with E-state index in [9.17, 15) is 4.79 Å². The van der Waals surface area contributed by atoms with Crippen LogP contribution in [0.15, 0.2) is 61.2 Å². The van der Waals surface area contributed by atoms with Gasteiger partial charge in [-0.25, -0.2) is 0 Å². The lowest BCUT2D eigenvalue weighted by Crippen LogP contribution is -2.59. The highest BCUT2D eigenvalue weighted by Gasteiger charge is 2.51. The highest BCUT2D eigenvalue weighted by atomic mass is 35.5. The Labute approximate surface area is 218 Å². The third kappa shape index (κ3) is 6.40. The van der Waals surface area contributed by atoms with Crippen LogP contribution in [0.25, 0.3) is 0 Å². The van der Waals surface area contributed by atoms with Gasteiger partial charge in [-0.2, -0.15) is 11.8 Å². The highest BCUT2D eigenvalue weighted by molar-refractivity contribution is 8.00. The maximum absolute atomic E-state index is 14.0. The van der Waals surface area contributed by atoms with E-state index in [1.807, 2.05) is 72.1 Å². The zero-order chi connectivity index (χ0) is 25.1. The number of carbonyl (C=O) groups is 1. The molecule has 1 aliphatic rings. The van der Waals surface area contributed by atoms with Crippen molar-refractivity contribution in [1.82, 2.24) is 4.90 Å². The van der Waals surface area contributed by atoms with Gasteiger partial charge in [0.05, 0.1) is 6.04 Å². The molecule has 3 rings (SSSR count). The van der Waals surface area contributed by atoms with E-state index in [2.05, 4.69) is 34.3 Å². The minimum Gasteiger partial charge on any atom is -0.355 e. The van der Waals surface area contributed by atoms with Crippen LogP contribution in [0.5, 0.6) is 0 Å². The van der Waals surface area contributed by atoms with E-state index in [0.29, 0.717) is 16.5 Å². The van der Waals surface area contributed by atoms with Crippen LogP contribution in [0, 0.1) is 0 Å². The summed E-state index contributed by atoms with van der Waals surface area (Å²) in [6.45, 7) is 14.6. The monoisotopic (exact) mass is 519 g/mol. The molecular weight excluding hydrogens is 485 g/mol. The molecule has 0 aromatic heterocycles. The average molecular weight is 521 g/mol. The van der Waals surface area contributed by atoms with Crippen molar-refractivity contribution in [3.8, 4) is 0 Å². The average Bonchev–Trinajstić information content (AvgIpc) is 2.75. The fourth-order valence-corrected chi connectivity index (χ4v) is 5.83. The van der Waals surface area contributed by atoms with E-state index < -0.39 is 5.60 Å². The quantitative estimate of drug-likeness (QED) is 0.328. The van der Waals surface area contributed by atoms with Gasteiger partial charge in [-0.3, -0.25) is 4.79 Å². The molecule has 1 aliphatic heterocycles. The lowest BCUT2D eigenvalue weighted by molar-refractivity contribution is -0.201. The summed E-state index contributed by atoms with van der Waals surface area (Å²) in [5.41, 5.74) is 0.915. The SMILES string of the molecule is C=CC[C@@]1(C)O[C@H](c2cccc(Cl)c2)[C@@H](c2ccc(Cl)cc2)N([C@@H](C)CCSC(C)(C)C)C1=O. The molecule has 0 spiro atoms. The third-order valence-corrected chi connectivity index (χ3v) is 7.92. The van der Waals surface area contributed by atoms with Crippen LogP contribution < -0.4 is 0 Å². The Morgan fingerprint density at radius 3 is 2.41 bits per heavy atom. The van der Waals surface area contributed by atoms with Crippen LogP contribution in [0.1, 0.15) is 70.7 Å². The van der Waals surface area contributed by atoms with Gasteiger partial charge >= 0.3 is 0 Å². The molecule has 6 heteroatoms. The number of hydrogen-bond acceptors (Lipinski definition) is 3. The standard InChI is InChI=1S/C28H35Cl2NO2S/c1-7-16-28(6)26(32)31(19(2)15-17-34-27(3,4)5)24(20-11-13-22(29)14-12-20)25(33-28)21-9-8-10-23(30)18-21/h7-14,18-19,24-25H,1,15-17H2,2-6H3/t19-,24+,25+,28+/m0/s1. The van der Waals surface area contributed by atoms with Crippen molar-refractivity contribution < 1.29 is 9.53 Å². The molecule has 1 fully saturated rings. The van der Waals surface area contributed by atoms with Gasteiger partial charge in [-0.05, 0) is 61.4 Å². The third-order valence-electron chi connectivity index (χ3n) is 6.13.